The maximum absolute atomic E-state index is 7.00. The van der Waals surface area contributed by atoms with E-state index in [1.54, 1.807) is 0 Å². The Balaban J connectivity index is 0.983. The number of hydrogen-bond acceptors (Lipinski definition) is 2. The third-order valence-corrected chi connectivity index (χ3v) is 14.9. The molecule has 2 heteroatoms. The maximum atomic E-state index is 7.00. The summed E-state index contributed by atoms with van der Waals surface area (Å²) in [6.45, 7) is 0. The van der Waals surface area contributed by atoms with Gasteiger partial charge in [-0.1, -0.05) is 224 Å². The summed E-state index contributed by atoms with van der Waals surface area (Å²) in [6, 6.07) is 99.8. The fourth-order valence-corrected chi connectivity index (χ4v) is 11.8. The van der Waals surface area contributed by atoms with E-state index in [1.165, 1.54) is 66.1 Å². The van der Waals surface area contributed by atoms with Crippen LogP contribution in [0.1, 0.15) is 22.3 Å². The van der Waals surface area contributed by atoms with Gasteiger partial charge in [0.15, 0.2) is 0 Å². The van der Waals surface area contributed by atoms with Gasteiger partial charge in [-0.25, -0.2) is 0 Å². The lowest BCUT2D eigenvalue weighted by atomic mass is 9.67. The Bertz CT molecular complexity index is 4120. The molecule has 14 rings (SSSR count). The zero-order valence-corrected chi connectivity index (χ0v) is 38.8. The SMILES string of the molecule is c1ccc(C2(c3ccccc3)c3ccccc3-c3ccc(-c4cccc(N(c5ccc(-c6cccc7ccccc67)cc5)c5ccc(-c6cccc7ccccc67)c6oc7ccccc7c56)c4)cc32)cc1. The van der Waals surface area contributed by atoms with Crippen molar-refractivity contribution in [1.82, 2.24) is 0 Å². The predicted molar refractivity (Wildman–Crippen MR) is 297 cm³/mol. The van der Waals surface area contributed by atoms with Gasteiger partial charge in [0, 0.05) is 22.3 Å². The number of para-hydroxylation sites is 1. The molecule has 332 valence electrons. The lowest BCUT2D eigenvalue weighted by molar-refractivity contribution is 0.670. The third-order valence-electron chi connectivity index (χ3n) is 14.9. The number of nitrogens with zero attached hydrogens (tertiary/aromatic N) is 1. The summed E-state index contributed by atoms with van der Waals surface area (Å²) in [5, 5.41) is 7.00. The van der Waals surface area contributed by atoms with Gasteiger partial charge in [0.05, 0.1) is 16.5 Å². The summed E-state index contributed by atoms with van der Waals surface area (Å²) < 4.78 is 7.00. The van der Waals surface area contributed by atoms with Crippen LogP contribution in [0.2, 0.25) is 0 Å². The molecule has 0 spiro atoms. The van der Waals surface area contributed by atoms with Gasteiger partial charge in [0.2, 0.25) is 0 Å². The number of anilines is 3. The van der Waals surface area contributed by atoms with Gasteiger partial charge in [-0.3, -0.25) is 0 Å². The highest BCUT2D eigenvalue weighted by molar-refractivity contribution is 6.18. The Hall–Kier alpha value is -9.24. The molecular weight excluding hydrogens is 859 g/mol. The van der Waals surface area contributed by atoms with Crippen LogP contribution in [0.25, 0.3) is 88.0 Å². The minimum Gasteiger partial charge on any atom is -0.455 e. The molecule has 1 heterocycles. The average molecular weight is 904 g/mol. The normalized spacial score (nSPS) is 12.6. The van der Waals surface area contributed by atoms with Crippen molar-refractivity contribution in [2.75, 3.05) is 4.90 Å². The van der Waals surface area contributed by atoms with Crippen molar-refractivity contribution in [3.05, 3.63) is 295 Å². The lowest BCUT2D eigenvalue weighted by Crippen LogP contribution is -2.28. The molecule has 0 unspecified atom stereocenters. The monoisotopic (exact) mass is 903 g/mol. The first-order valence-electron chi connectivity index (χ1n) is 24.5. The standard InChI is InChI=1S/C69H45NO/c1-3-23-51(24-4-1)69(52-25-5-2-6-26-52)63-34-13-11-30-59(63)60-41-38-50(45-64(60)69)49-22-15-27-54(44-49)70(53-39-36-48(37-40-53)56-32-16-20-46-18-7-9-28-55(46)56)65-43-42-61(58-33-17-21-47-19-8-10-29-57(47)58)68-67(65)62-31-12-14-35-66(62)71-68/h1-45H. The first-order chi connectivity index (χ1) is 35.2. The van der Waals surface area contributed by atoms with E-state index in [9.17, 15) is 0 Å². The maximum Gasteiger partial charge on any atom is 0.145 e. The summed E-state index contributed by atoms with van der Waals surface area (Å²) in [7, 11) is 0. The Kier molecular flexibility index (Phi) is 9.47. The summed E-state index contributed by atoms with van der Waals surface area (Å²) in [6.07, 6.45) is 0. The largest absolute Gasteiger partial charge is 0.455 e. The third kappa shape index (κ3) is 6.42. The van der Waals surface area contributed by atoms with Crippen LogP contribution < -0.4 is 4.90 Å². The fraction of sp³-hybridized carbons (Fsp3) is 0.0145. The Morgan fingerprint density at radius 3 is 1.59 bits per heavy atom. The van der Waals surface area contributed by atoms with E-state index < -0.39 is 5.41 Å². The first-order valence-corrected chi connectivity index (χ1v) is 24.5. The van der Waals surface area contributed by atoms with Crippen LogP contribution >= 0.6 is 0 Å². The van der Waals surface area contributed by atoms with Crippen molar-refractivity contribution < 1.29 is 4.42 Å². The van der Waals surface area contributed by atoms with Gasteiger partial charge in [-0.05, 0) is 131 Å². The van der Waals surface area contributed by atoms with E-state index >= 15 is 0 Å². The summed E-state index contributed by atoms with van der Waals surface area (Å²) in [5.41, 5.74) is 18.9. The number of benzene rings is 12. The molecule has 0 saturated heterocycles. The summed E-state index contributed by atoms with van der Waals surface area (Å²) in [4.78, 5) is 2.43. The quantitative estimate of drug-likeness (QED) is 0.151. The molecule has 13 aromatic rings. The molecule has 71 heavy (non-hydrogen) atoms. The van der Waals surface area contributed by atoms with E-state index in [0.717, 1.165) is 61.3 Å². The second-order valence-electron chi connectivity index (χ2n) is 18.7. The van der Waals surface area contributed by atoms with E-state index in [1.807, 2.05) is 0 Å². The van der Waals surface area contributed by atoms with E-state index in [2.05, 4.69) is 278 Å². The molecule has 1 aliphatic rings. The van der Waals surface area contributed by atoms with Crippen LogP contribution in [0.3, 0.4) is 0 Å². The smallest absolute Gasteiger partial charge is 0.145 e. The minimum atomic E-state index is -0.500. The van der Waals surface area contributed by atoms with E-state index in [4.69, 9.17) is 4.42 Å². The molecule has 0 fully saturated rings. The van der Waals surface area contributed by atoms with Crippen LogP contribution in [0.4, 0.5) is 17.1 Å². The molecule has 0 atom stereocenters. The average Bonchev–Trinajstić information content (AvgIpc) is 3.98. The number of furan rings is 1. The van der Waals surface area contributed by atoms with Gasteiger partial charge in [-0.15, -0.1) is 0 Å². The molecule has 0 N–H and O–H groups in total. The molecule has 0 amide bonds. The molecule has 2 nitrogen and oxygen atoms in total. The van der Waals surface area contributed by atoms with Crippen LogP contribution in [-0.4, -0.2) is 0 Å². The fourth-order valence-electron chi connectivity index (χ4n) is 11.8. The first kappa shape index (κ1) is 40.8. The second-order valence-corrected chi connectivity index (χ2v) is 18.7. The van der Waals surface area contributed by atoms with Crippen LogP contribution in [0.15, 0.2) is 277 Å². The van der Waals surface area contributed by atoms with Gasteiger partial charge >= 0.3 is 0 Å². The Morgan fingerprint density at radius 1 is 0.310 bits per heavy atom. The van der Waals surface area contributed by atoms with Crippen molar-refractivity contribution in [2.45, 2.75) is 5.41 Å². The summed E-state index contributed by atoms with van der Waals surface area (Å²) >= 11 is 0. The molecule has 1 aromatic heterocycles. The molecule has 0 bridgehead atoms. The lowest BCUT2D eigenvalue weighted by Gasteiger charge is -2.34. The Morgan fingerprint density at radius 2 is 0.845 bits per heavy atom. The Labute approximate surface area is 413 Å². The highest BCUT2D eigenvalue weighted by atomic mass is 16.3. The topological polar surface area (TPSA) is 16.4 Å². The van der Waals surface area contributed by atoms with Crippen molar-refractivity contribution in [1.29, 1.82) is 0 Å². The van der Waals surface area contributed by atoms with Crippen molar-refractivity contribution in [3.8, 4) is 44.5 Å². The van der Waals surface area contributed by atoms with Crippen LogP contribution in [0.5, 0.6) is 0 Å². The van der Waals surface area contributed by atoms with Gasteiger partial charge in [-0.2, -0.15) is 0 Å². The molecule has 0 aliphatic heterocycles. The number of hydrogen-bond donors (Lipinski definition) is 0. The summed E-state index contributed by atoms with van der Waals surface area (Å²) in [5.74, 6) is 0. The van der Waals surface area contributed by atoms with Crippen molar-refractivity contribution >= 4 is 60.5 Å². The number of rotatable bonds is 8. The van der Waals surface area contributed by atoms with E-state index in [0.29, 0.717) is 0 Å². The van der Waals surface area contributed by atoms with Crippen molar-refractivity contribution in [3.63, 3.8) is 0 Å². The van der Waals surface area contributed by atoms with Gasteiger partial charge in [0.25, 0.3) is 0 Å². The van der Waals surface area contributed by atoms with Gasteiger partial charge in [0.1, 0.15) is 11.2 Å². The number of fused-ring (bicyclic) bond motifs is 8. The second kappa shape index (κ2) is 16.5. The predicted octanol–water partition coefficient (Wildman–Crippen LogP) is 18.7. The molecular formula is C69H45NO. The van der Waals surface area contributed by atoms with Gasteiger partial charge < -0.3 is 9.32 Å². The highest BCUT2D eigenvalue weighted by Crippen LogP contribution is 2.57. The van der Waals surface area contributed by atoms with E-state index in [-0.39, 0.29) is 0 Å². The van der Waals surface area contributed by atoms with Crippen LogP contribution in [-0.2, 0) is 5.41 Å². The minimum absolute atomic E-state index is 0.500. The molecule has 1 aliphatic carbocycles. The zero-order chi connectivity index (χ0) is 46.9. The highest BCUT2D eigenvalue weighted by Gasteiger charge is 2.46. The van der Waals surface area contributed by atoms with Crippen molar-refractivity contribution in [2.24, 2.45) is 0 Å². The molecule has 12 aromatic carbocycles. The zero-order valence-electron chi connectivity index (χ0n) is 38.8. The van der Waals surface area contributed by atoms with Crippen LogP contribution in [0, 0.1) is 0 Å². The molecule has 0 saturated carbocycles. The molecule has 0 radical (unpaired) electrons.